The van der Waals surface area contributed by atoms with Gasteiger partial charge >= 0.3 is 5.97 Å². The summed E-state index contributed by atoms with van der Waals surface area (Å²) in [4.78, 5) is 11.3. The molecule has 0 saturated carbocycles. The van der Waals surface area contributed by atoms with Crippen LogP contribution < -0.4 is 0 Å². The van der Waals surface area contributed by atoms with Gasteiger partial charge in [-0.15, -0.1) is 39.5 Å². The molecular formula is C21H42O4. The van der Waals surface area contributed by atoms with Crippen molar-refractivity contribution < 1.29 is 19.7 Å². The summed E-state index contributed by atoms with van der Waals surface area (Å²) >= 11 is 0. The molecule has 25 heavy (non-hydrogen) atoms. The largest absolute Gasteiger partial charge is 0.463 e. The van der Waals surface area contributed by atoms with Gasteiger partial charge in [-0.1, -0.05) is 58.3 Å². The second-order valence-electron chi connectivity index (χ2n) is 5.10. The van der Waals surface area contributed by atoms with Gasteiger partial charge in [0.05, 0.1) is 6.61 Å². The summed E-state index contributed by atoms with van der Waals surface area (Å²) in [6.07, 6.45) is 10.4. The quantitative estimate of drug-likeness (QED) is 0.269. The van der Waals surface area contributed by atoms with Crippen LogP contribution in [0, 0.1) is 0 Å². The molecule has 0 radical (unpaired) electrons. The minimum atomic E-state index is -0.952. The Labute approximate surface area is 156 Å². The first-order valence-electron chi connectivity index (χ1n) is 9.15. The standard InChI is InChI=1S/C15H30O4.3C2H4/c1-2-3-4-5-6-7-8-9-10-11-15(18)19-13-14(17)12-16;3*1-2/h14,16-17H,2-13H2,1H3;3*1-2H2. The summed E-state index contributed by atoms with van der Waals surface area (Å²) < 4.78 is 4.82. The van der Waals surface area contributed by atoms with Crippen molar-refractivity contribution in [2.24, 2.45) is 0 Å². The molecule has 0 fully saturated rings. The number of carbonyl (C=O) groups excluding carboxylic acids is 1. The molecule has 1 unspecified atom stereocenters. The number of ether oxygens (including phenoxy) is 1. The van der Waals surface area contributed by atoms with Crippen LogP contribution in [-0.2, 0) is 9.53 Å². The van der Waals surface area contributed by atoms with Crippen LogP contribution in [0.25, 0.3) is 0 Å². The molecule has 2 N–H and O–H groups in total. The van der Waals surface area contributed by atoms with E-state index in [1.165, 1.54) is 44.9 Å². The van der Waals surface area contributed by atoms with E-state index in [9.17, 15) is 4.79 Å². The van der Waals surface area contributed by atoms with Crippen LogP contribution in [0.2, 0.25) is 0 Å². The highest BCUT2D eigenvalue weighted by Crippen LogP contribution is 2.10. The fourth-order valence-corrected chi connectivity index (χ4v) is 1.89. The molecule has 0 saturated heterocycles. The molecule has 0 heterocycles. The summed E-state index contributed by atoms with van der Waals surface area (Å²) in [6.45, 7) is 19.7. The molecule has 0 amide bonds. The van der Waals surface area contributed by atoms with Gasteiger partial charge in [0.25, 0.3) is 0 Å². The number of unbranched alkanes of at least 4 members (excludes halogenated alkanes) is 8. The third kappa shape index (κ3) is 34.8. The van der Waals surface area contributed by atoms with Gasteiger partial charge in [-0.3, -0.25) is 4.79 Å². The Morgan fingerprint density at radius 2 is 1.24 bits per heavy atom. The Hall–Kier alpha value is -1.39. The summed E-state index contributed by atoms with van der Waals surface area (Å²) in [5.74, 6) is -0.282. The zero-order valence-electron chi connectivity index (χ0n) is 16.5. The Bertz CT molecular complexity index is 239. The number of hydrogen-bond acceptors (Lipinski definition) is 4. The molecule has 0 aromatic rings. The van der Waals surface area contributed by atoms with Gasteiger partial charge in [0.2, 0.25) is 0 Å². The molecular weight excluding hydrogens is 316 g/mol. The predicted molar refractivity (Wildman–Crippen MR) is 110 cm³/mol. The SMILES string of the molecule is C=C.C=C.C=C.CCCCCCCCCCCC(=O)OCC(O)CO. The molecule has 0 aromatic carbocycles. The number of rotatable bonds is 13. The van der Waals surface area contributed by atoms with Crippen molar-refractivity contribution in [3.63, 3.8) is 0 Å². The lowest BCUT2D eigenvalue weighted by Crippen LogP contribution is -2.21. The maximum atomic E-state index is 11.3. The molecule has 0 rings (SSSR count). The Morgan fingerprint density at radius 1 is 0.840 bits per heavy atom. The molecule has 4 nitrogen and oxygen atoms in total. The van der Waals surface area contributed by atoms with Gasteiger partial charge in [0.1, 0.15) is 12.7 Å². The van der Waals surface area contributed by atoms with E-state index in [4.69, 9.17) is 14.9 Å². The van der Waals surface area contributed by atoms with Crippen molar-refractivity contribution in [1.29, 1.82) is 0 Å². The van der Waals surface area contributed by atoms with Gasteiger partial charge in [0, 0.05) is 6.42 Å². The molecule has 0 aromatic heterocycles. The second-order valence-corrected chi connectivity index (χ2v) is 5.10. The van der Waals surface area contributed by atoms with E-state index < -0.39 is 6.10 Å². The summed E-state index contributed by atoms with van der Waals surface area (Å²) in [6, 6.07) is 0. The van der Waals surface area contributed by atoms with Crippen molar-refractivity contribution in [3.05, 3.63) is 39.5 Å². The molecule has 0 aliphatic heterocycles. The fraction of sp³-hybridized carbons (Fsp3) is 0.667. The average Bonchev–Trinajstić information content (AvgIpc) is 2.69. The van der Waals surface area contributed by atoms with Gasteiger partial charge in [-0.05, 0) is 6.42 Å². The van der Waals surface area contributed by atoms with Crippen LogP contribution in [0.15, 0.2) is 39.5 Å². The molecule has 4 heteroatoms. The number of esters is 1. The third-order valence-corrected chi connectivity index (χ3v) is 3.13. The molecule has 0 bridgehead atoms. The highest BCUT2D eigenvalue weighted by Gasteiger charge is 2.07. The van der Waals surface area contributed by atoms with Crippen LogP contribution >= 0.6 is 0 Å². The Kier molecular flexibility index (Phi) is 42.7. The summed E-state index contributed by atoms with van der Waals surface area (Å²) in [5.41, 5.74) is 0. The fourth-order valence-electron chi connectivity index (χ4n) is 1.89. The number of aliphatic hydroxyl groups excluding tert-OH is 2. The monoisotopic (exact) mass is 358 g/mol. The van der Waals surface area contributed by atoms with E-state index >= 15 is 0 Å². The molecule has 1 atom stereocenters. The first-order chi connectivity index (χ1) is 12.2. The van der Waals surface area contributed by atoms with Gasteiger partial charge in [-0.2, -0.15) is 0 Å². The minimum absolute atomic E-state index is 0.104. The lowest BCUT2D eigenvalue weighted by atomic mass is 10.1. The zero-order chi connectivity index (χ0) is 20.3. The van der Waals surface area contributed by atoms with Crippen molar-refractivity contribution in [3.8, 4) is 0 Å². The highest BCUT2D eigenvalue weighted by atomic mass is 16.5. The maximum Gasteiger partial charge on any atom is 0.305 e. The van der Waals surface area contributed by atoms with Gasteiger partial charge < -0.3 is 14.9 Å². The zero-order valence-corrected chi connectivity index (χ0v) is 16.5. The highest BCUT2D eigenvalue weighted by molar-refractivity contribution is 5.69. The summed E-state index contributed by atoms with van der Waals surface area (Å²) in [5, 5.41) is 17.6. The van der Waals surface area contributed by atoms with E-state index in [1.807, 2.05) is 0 Å². The van der Waals surface area contributed by atoms with Crippen molar-refractivity contribution >= 4 is 5.97 Å². The lowest BCUT2D eigenvalue weighted by molar-refractivity contribution is -0.147. The van der Waals surface area contributed by atoms with E-state index in [2.05, 4.69) is 46.4 Å². The topological polar surface area (TPSA) is 66.8 Å². The molecule has 0 spiro atoms. The van der Waals surface area contributed by atoms with Crippen LogP contribution in [-0.4, -0.2) is 35.5 Å². The van der Waals surface area contributed by atoms with Crippen molar-refractivity contribution in [2.75, 3.05) is 13.2 Å². The first kappa shape index (κ1) is 31.4. The van der Waals surface area contributed by atoms with Gasteiger partial charge in [-0.25, -0.2) is 0 Å². The smallest absolute Gasteiger partial charge is 0.305 e. The number of hydrogen-bond donors (Lipinski definition) is 2. The third-order valence-electron chi connectivity index (χ3n) is 3.13. The van der Waals surface area contributed by atoms with Crippen molar-refractivity contribution in [1.82, 2.24) is 0 Å². The van der Waals surface area contributed by atoms with Crippen LogP contribution in [0.4, 0.5) is 0 Å². The lowest BCUT2D eigenvalue weighted by Gasteiger charge is -2.08. The normalized spacial score (nSPS) is 9.88. The predicted octanol–water partition coefficient (Wildman–Crippen LogP) is 5.21. The average molecular weight is 359 g/mol. The van der Waals surface area contributed by atoms with Crippen LogP contribution in [0.5, 0.6) is 0 Å². The van der Waals surface area contributed by atoms with E-state index in [-0.39, 0.29) is 19.2 Å². The number of carbonyl (C=O) groups is 1. The summed E-state index contributed by atoms with van der Waals surface area (Å²) in [7, 11) is 0. The Balaban J connectivity index is -0.000000329. The minimum Gasteiger partial charge on any atom is -0.463 e. The second kappa shape index (κ2) is 34.0. The molecule has 150 valence electrons. The first-order valence-corrected chi connectivity index (χ1v) is 9.15. The van der Waals surface area contributed by atoms with E-state index in [1.54, 1.807) is 0 Å². The number of aliphatic hydroxyl groups is 2. The van der Waals surface area contributed by atoms with E-state index in [0.717, 1.165) is 12.8 Å². The molecule has 0 aliphatic rings. The van der Waals surface area contributed by atoms with Crippen LogP contribution in [0.1, 0.15) is 71.1 Å². The van der Waals surface area contributed by atoms with Gasteiger partial charge in [0.15, 0.2) is 0 Å². The van der Waals surface area contributed by atoms with E-state index in [0.29, 0.717) is 6.42 Å². The Morgan fingerprint density at radius 3 is 1.64 bits per heavy atom. The molecule has 0 aliphatic carbocycles. The van der Waals surface area contributed by atoms with Crippen molar-refractivity contribution in [2.45, 2.75) is 77.2 Å². The maximum absolute atomic E-state index is 11.3. The van der Waals surface area contributed by atoms with Crippen LogP contribution in [0.3, 0.4) is 0 Å².